The van der Waals surface area contributed by atoms with E-state index in [-0.39, 0.29) is 34.3 Å². The number of allylic oxidation sites excluding steroid dienone is 2. The van der Waals surface area contributed by atoms with Crippen molar-refractivity contribution in [3.8, 4) is 0 Å². The molecule has 0 aromatic rings. The highest BCUT2D eigenvalue weighted by atomic mass is 19.4. The van der Waals surface area contributed by atoms with Crippen LogP contribution in [0.25, 0.3) is 0 Å². The number of ether oxygens (including phenoxy) is 2. The average Bonchev–Trinajstić information content (AvgIpc) is 2.70. The number of hydrogen-bond acceptors (Lipinski definition) is 7. The monoisotopic (exact) mass is 488 g/mol. The maximum Gasteiger partial charge on any atom is 0.422 e. The van der Waals surface area contributed by atoms with Gasteiger partial charge in [0.1, 0.15) is 0 Å². The lowest BCUT2D eigenvalue weighted by atomic mass is 9.31. The Balaban J connectivity index is 2.21. The van der Waals surface area contributed by atoms with Gasteiger partial charge in [0.15, 0.2) is 6.61 Å². The number of carbonyl (C=O) groups is 2. The van der Waals surface area contributed by atoms with Crippen molar-refractivity contribution < 1.29 is 37.2 Å². The van der Waals surface area contributed by atoms with Crippen molar-refractivity contribution in [2.24, 2.45) is 28.6 Å². The molecule has 0 aromatic heterocycles. The fourth-order valence-electron chi connectivity index (χ4n) is 6.67. The predicted molar refractivity (Wildman–Crippen MR) is 115 cm³/mol. The van der Waals surface area contributed by atoms with Crippen LogP contribution in [0.15, 0.2) is 22.5 Å². The van der Waals surface area contributed by atoms with Crippen LogP contribution in [-0.4, -0.2) is 42.3 Å². The number of hydrogen-bond donors (Lipinski definition) is 1. The van der Waals surface area contributed by atoms with E-state index in [0.29, 0.717) is 18.5 Å². The zero-order valence-electron chi connectivity index (χ0n) is 20.2. The van der Waals surface area contributed by atoms with Gasteiger partial charge in [0.25, 0.3) is 0 Å². The van der Waals surface area contributed by atoms with Crippen LogP contribution >= 0.6 is 0 Å². The fourth-order valence-corrected chi connectivity index (χ4v) is 6.67. The van der Waals surface area contributed by atoms with Gasteiger partial charge in [-0.05, 0) is 43.9 Å². The molecule has 3 aliphatic carbocycles. The lowest BCUT2D eigenvalue weighted by Crippen LogP contribution is -2.70. The van der Waals surface area contributed by atoms with Gasteiger partial charge < -0.3 is 14.8 Å². The molecule has 0 spiro atoms. The third-order valence-corrected chi connectivity index (χ3v) is 8.35. The van der Waals surface area contributed by atoms with Gasteiger partial charge in [-0.25, -0.2) is 9.59 Å². The maximum absolute atomic E-state index is 13.1. The molecule has 3 fully saturated rings. The Morgan fingerprint density at radius 1 is 1.15 bits per heavy atom. The number of nitrogens with zero attached hydrogens (tertiary/aromatic N) is 1. The highest BCUT2D eigenvalue weighted by Crippen LogP contribution is 2.75. The Bertz CT molecular complexity index is 970. The van der Waals surface area contributed by atoms with Gasteiger partial charge in [0, 0.05) is 34.6 Å². The quantitative estimate of drug-likeness (QED) is 0.340. The lowest BCUT2D eigenvalue weighted by molar-refractivity contribution is -0.555. The van der Waals surface area contributed by atoms with E-state index in [4.69, 9.17) is 4.74 Å². The number of nitrogens with one attached hydrogen (secondary N) is 1. The Kier molecular flexibility index (Phi) is 6.56. The first-order valence-corrected chi connectivity index (χ1v) is 11.3. The third kappa shape index (κ3) is 3.86. The molecule has 8 nitrogen and oxygen atoms in total. The predicted octanol–water partition coefficient (Wildman–Crippen LogP) is 4.14. The van der Waals surface area contributed by atoms with Gasteiger partial charge in [-0.3, -0.25) is 10.1 Å². The van der Waals surface area contributed by atoms with E-state index in [1.54, 1.807) is 20.8 Å². The summed E-state index contributed by atoms with van der Waals surface area (Å²) in [6.07, 6.45) is -3.87. The second-order valence-corrected chi connectivity index (χ2v) is 10.1. The van der Waals surface area contributed by atoms with Crippen molar-refractivity contribution in [1.82, 2.24) is 5.32 Å². The van der Waals surface area contributed by atoms with E-state index in [1.165, 1.54) is 6.92 Å². The molecule has 5 atom stereocenters. The Labute approximate surface area is 196 Å². The molecule has 0 saturated heterocycles. The van der Waals surface area contributed by atoms with Crippen LogP contribution in [0, 0.1) is 38.7 Å². The SMILES string of the molecule is CCOC(=O)C1=C(C)NC(C)=C(C(=O)OCC(F)(F)F)C1C12CC(CC([N+](=O)[O-])C1C)C2(C)C. The second kappa shape index (κ2) is 8.57. The number of esters is 2. The minimum Gasteiger partial charge on any atom is -0.463 e. The summed E-state index contributed by atoms with van der Waals surface area (Å²) < 4.78 is 48.4. The van der Waals surface area contributed by atoms with E-state index < -0.39 is 53.4 Å². The van der Waals surface area contributed by atoms with Gasteiger partial charge in [-0.1, -0.05) is 20.8 Å². The molecular weight excluding hydrogens is 457 g/mol. The van der Waals surface area contributed by atoms with Crippen LogP contribution in [-0.2, 0) is 19.1 Å². The van der Waals surface area contributed by atoms with Crippen molar-refractivity contribution in [3.05, 3.63) is 32.7 Å². The van der Waals surface area contributed by atoms with Gasteiger partial charge in [0.05, 0.1) is 17.8 Å². The van der Waals surface area contributed by atoms with Gasteiger partial charge in [0.2, 0.25) is 6.04 Å². The molecular formula is C23H31F3N2O6. The summed E-state index contributed by atoms with van der Waals surface area (Å²) >= 11 is 0. The van der Waals surface area contributed by atoms with Crippen molar-refractivity contribution in [2.75, 3.05) is 13.2 Å². The topological polar surface area (TPSA) is 108 Å². The first-order valence-electron chi connectivity index (χ1n) is 11.3. The molecule has 1 heterocycles. The summed E-state index contributed by atoms with van der Waals surface area (Å²) in [5.74, 6) is -3.54. The Morgan fingerprint density at radius 3 is 2.12 bits per heavy atom. The highest BCUT2D eigenvalue weighted by molar-refractivity contribution is 5.98. The Morgan fingerprint density at radius 2 is 1.68 bits per heavy atom. The normalized spacial score (nSPS) is 32.5. The summed E-state index contributed by atoms with van der Waals surface area (Å²) in [4.78, 5) is 37.8. The summed E-state index contributed by atoms with van der Waals surface area (Å²) in [7, 11) is 0. The number of rotatable bonds is 6. The minimum atomic E-state index is -4.73. The molecule has 190 valence electrons. The molecule has 1 aliphatic heterocycles. The van der Waals surface area contributed by atoms with E-state index >= 15 is 0 Å². The van der Waals surface area contributed by atoms with Crippen LogP contribution in [0.4, 0.5) is 13.2 Å². The molecule has 0 amide bonds. The van der Waals surface area contributed by atoms with Gasteiger partial charge in [-0.2, -0.15) is 13.2 Å². The summed E-state index contributed by atoms with van der Waals surface area (Å²) in [5, 5.41) is 14.8. The van der Waals surface area contributed by atoms with Crippen LogP contribution < -0.4 is 5.32 Å². The fraction of sp³-hybridized carbons (Fsp3) is 0.739. The molecule has 3 saturated carbocycles. The standard InChI is InChI=1S/C23H31F3N2O6/c1-7-33-19(29)16-12(3)27-13(4)17(20(30)34-10-23(24,25)26)18(16)22-9-14(21(22,5)6)8-15(11(22)2)28(31)32/h11,14-15,18,27H,7-10H2,1-6H3. The summed E-state index contributed by atoms with van der Waals surface area (Å²) in [6.45, 7) is 8.67. The van der Waals surface area contributed by atoms with E-state index in [0.717, 1.165) is 0 Å². The summed E-state index contributed by atoms with van der Waals surface area (Å²) in [5.41, 5.74) is -0.819. The largest absolute Gasteiger partial charge is 0.463 e. The molecule has 11 heteroatoms. The zero-order valence-corrected chi connectivity index (χ0v) is 20.2. The van der Waals surface area contributed by atoms with Crippen LogP contribution in [0.3, 0.4) is 0 Å². The van der Waals surface area contributed by atoms with Crippen LogP contribution in [0.2, 0.25) is 0 Å². The number of nitro groups is 1. The van der Waals surface area contributed by atoms with Crippen LogP contribution in [0.5, 0.6) is 0 Å². The molecule has 5 unspecified atom stereocenters. The molecule has 1 N–H and O–H groups in total. The number of fused-ring (bicyclic) bond motifs is 2. The van der Waals surface area contributed by atoms with Crippen molar-refractivity contribution in [3.63, 3.8) is 0 Å². The van der Waals surface area contributed by atoms with Crippen LogP contribution in [0.1, 0.15) is 54.4 Å². The Hall–Kier alpha value is -2.59. The van der Waals surface area contributed by atoms with E-state index in [1.807, 2.05) is 13.8 Å². The van der Waals surface area contributed by atoms with Crippen molar-refractivity contribution >= 4 is 11.9 Å². The third-order valence-electron chi connectivity index (χ3n) is 8.35. The lowest BCUT2D eigenvalue weighted by Gasteiger charge is -2.71. The summed E-state index contributed by atoms with van der Waals surface area (Å²) in [6, 6.07) is -0.904. The molecule has 0 radical (unpaired) electrons. The van der Waals surface area contributed by atoms with Gasteiger partial charge in [-0.15, -0.1) is 0 Å². The molecule has 4 aliphatic rings. The molecule has 4 rings (SSSR count). The minimum absolute atomic E-state index is 0.0366. The van der Waals surface area contributed by atoms with E-state index in [2.05, 4.69) is 10.1 Å². The van der Waals surface area contributed by atoms with Gasteiger partial charge >= 0.3 is 18.1 Å². The van der Waals surface area contributed by atoms with Crippen molar-refractivity contribution in [2.45, 2.75) is 66.6 Å². The smallest absolute Gasteiger partial charge is 0.422 e. The highest BCUT2D eigenvalue weighted by Gasteiger charge is 2.74. The molecule has 2 bridgehead atoms. The van der Waals surface area contributed by atoms with Crippen molar-refractivity contribution in [1.29, 1.82) is 0 Å². The maximum atomic E-state index is 13.1. The first kappa shape index (κ1) is 26.0. The second-order valence-electron chi connectivity index (χ2n) is 10.1. The number of carbonyl (C=O) groups excluding carboxylic acids is 2. The average molecular weight is 489 g/mol. The first-order chi connectivity index (χ1) is 15.6. The number of alkyl halides is 3. The molecule has 0 aromatic carbocycles. The van der Waals surface area contributed by atoms with E-state index in [9.17, 15) is 32.9 Å². The number of dihydropyridines is 1. The zero-order chi connectivity index (χ0) is 25.8. The molecule has 34 heavy (non-hydrogen) atoms. The number of halogens is 3.